The molecule has 1 amide bonds. The lowest BCUT2D eigenvalue weighted by atomic mass is 10.0. The summed E-state index contributed by atoms with van der Waals surface area (Å²) in [6.45, 7) is 3.84. The molecule has 0 bridgehead atoms. The van der Waals surface area contributed by atoms with Crippen molar-refractivity contribution in [1.29, 1.82) is 0 Å². The van der Waals surface area contributed by atoms with E-state index in [1.165, 1.54) is 0 Å². The summed E-state index contributed by atoms with van der Waals surface area (Å²) >= 11 is 0. The predicted octanol–water partition coefficient (Wildman–Crippen LogP) is 1.08. The molecular formula is C14H18NO4-. The van der Waals surface area contributed by atoms with Gasteiger partial charge in [-0.2, -0.15) is 0 Å². The van der Waals surface area contributed by atoms with Crippen LogP contribution in [0.15, 0.2) is 30.3 Å². The first-order chi connectivity index (χ1) is 8.99. The van der Waals surface area contributed by atoms with E-state index in [0.29, 0.717) is 6.42 Å². The number of amides is 1. The van der Waals surface area contributed by atoms with Crippen molar-refractivity contribution in [2.24, 2.45) is 5.92 Å². The Morgan fingerprint density at radius 3 is 2.42 bits per heavy atom. The van der Waals surface area contributed by atoms with Crippen molar-refractivity contribution < 1.29 is 19.4 Å². The molecule has 0 aromatic heterocycles. The van der Waals surface area contributed by atoms with Crippen molar-refractivity contribution in [2.45, 2.75) is 32.9 Å². The molecule has 1 rings (SSSR count). The second kappa shape index (κ2) is 7.41. The number of nitrogens with one attached hydrogen (secondary N) is 1. The first-order valence-electron chi connectivity index (χ1n) is 6.17. The van der Waals surface area contributed by atoms with Gasteiger partial charge in [-0.3, -0.25) is 0 Å². The summed E-state index contributed by atoms with van der Waals surface area (Å²) in [7, 11) is 0. The number of carbonyl (C=O) groups excluding carboxylic acids is 2. The van der Waals surface area contributed by atoms with E-state index in [1.807, 2.05) is 44.2 Å². The smallest absolute Gasteiger partial charge is 0.407 e. The van der Waals surface area contributed by atoms with Gasteiger partial charge >= 0.3 is 6.09 Å². The lowest BCUT2D eigenvalue weighted by Crippen LogP contribution is -2.48. The molecule has 0 saturated carbocycles. The minimum Gasteiger partial charge on any atom is -0.548 e. The summed E-state index contributed by atoms with van der Waals surface area (Å²) < 4.78 is 4.95. The van der Waals surface area contributed by atoms with Crippen LogP contribution in [0.4, 0.5) is 4.79 Å². The molecule has 1 aromatic rings. The quantitative estimate of drug-likeness (QED) is 0.833. The first-order valence-corrected chi connectivity index (χ1v) is 6.17. The average Bonchev–Trinajstić information content (AvgIpc) is 2.36. The van der Waals surface area contributed by atoms with Crippen LogP contribution in [-0.2, 0) is 16.1 Å². The zero-order chi connectivity index (χ0) is 14.3. The normalized spacial score (nSPS) is 11.9. The van der Waals surface area contributed by atoms with E-state index in [-0.39, 0.29) is 12.5 Å². The van der Waals surface area contributed by atoms with Gasteiger partial charge in [-0.05, 0) is 17.9 Å². The molecule has 0 radical (unpaired) electrons. The van der Waals surface area contributed by atoms with Crippen molar-refractivity contribution in [3.63, 3.8) is 0 Å². The maximum Gasteiger partial charge on any atom is 0.407 e. The van der Waals surface area contributed by atoms with Gasteiger partial charge in [0.25, 0.3) is 0 Å². The summed E-state index contributed by atoms with van der Waals surface area (Å²) in [4.78, 5) is 22.4. The number of ether oxygens (including phenoxy) is 1. The molecule has 0 fully saturated rings. The molecule has 5 heteroatoms. The second-order valence-corrected chi connectivity index (χ2v) is 4.71. The molecule has 104 valence electrons. The largest absolute Gasteiger partial charge is 0.548 e. The van der Waals surface area contributed by atoms with E-state index in [9.17, 15) is 14.7 Å². The second-order valence-electron chi connectivity index (χ2n) is 4.71. The Morgan fingerprint density at radius 2 is 1.89 bits per heavy atom. The van der Waals surface area contributed by atoms with Gasteiger partial charge in [-0.15, -0.1) is 0 Å². The monoisotopic (exact) mass is 264 g/mol. The number of aliphatic carboxylic acids is 1. The molecule has 0 aliphatic heterocycles. The van der Waals surface area contributed by atoms with Gasteiger partial charge in [0.2, 0.25) is 0 Å². The standard InChI is InChI=1S/C14H19NO4/c1-10(2)8-12(13(16)17)15-14(18)19-9-11-6-4-3-5-7-11/h3-7,10,12H,8-9H2,1-2H3,(H,15,18)(H,16,17)/p-1/t12-/m0/s1. The van der Waals surface area contributed by atoms with E-state index in [2.05, 4.69) is 5.32 Å². The van der Waals surface area contributed by atoms with Crippen molar-refractivity contribution >= 4 is 12.1 Å². The highest BCUT2D eigenvalue weighted by Crippen LogP contribution is 2.05. The molecule has 1 aromatic carbocycles. The Balaban J connectivity index is 2.42. The molecule has 0 heterocycles. The Morgan fingerprint density at radius 1 is 1.26 bits per heavy atom. The van der Waals surface area contributed by atoms with Gasteiger partial charge in [0.15, 0.2) is 0 Å². The number of carbonyl (C=O) groups is 2. The average molecular weight is 264 g/mol. The van der Waals surface area contributed by atoms with Gasteiger partial charge in [0, 0.05) is 0 Å². The number of carboxylic acid groups (broad SMARTS) is 1. The SMILES string of the molecule is CC(C)C[C@H](NC(=O)OCc1ccccc1)C(=O)[O-]. The molecule has 0 saturated heterocycles. The van der Waals surface area contributed by atoms with Crippen LogP contribution >= 0.6 is 0 Å². The fourth-order valence-corrected chi connectivity index (χ4v) is 1.59. The van der Waals surface area contributed by atoms with E-state index in [1.54, 1.807) is 0 Å². The summed E-state index contributed by atoms with van der Waals surface area (Å²) in [5.74, 6) is -1.16. The fourth-order valence-electron chi connectivity index (χ4n) is 1.59. The highest BCUT2D eigenvalue weighted by molar-refractivity contribution is 5.78. The molecule has 1 N–H and O–H groups in total. The molecule has 5 nitrogen and oxygen atoms in total. The van der Waals surface area contributed by atoms with Crippen LogP contribution in [-0.4, -0.2) is 18.1 Å². The van der Waals surface area contributed by atoms with Crippen molar-refractivity contribution in [3.8, 4) is 0 Å². The van der Waals surface area contributed by atoms with Gasteiger partial charge in [0.05, 0.1) is 12.0 Å². The summed E-state index contributed by atoms with van der Waals surface area (Å²) in [6, 6.07) is 8.13. The molecule has 0 aliphatic carbocycles. The number of alkyl carbamates (subject to hydrolysis) is 1. The predicted molar refractivity (Wildman–Crippen MR) is 68.0 cm³/mol. The topological polar surface area (TPSA) is 78.5 Å². The van der Waals surface area contributed by atoms with Crippen LogP contribution in [0.1, 0.15) is 25.8 Å². The van der Waals surface area contributed by atoms with Crippen molar-refractivity contribution in [3.05, 3.63) is 35.9 Å². The van der Waals surface area contributed by atoms with Crippen LogP contribution in [0.3, 0.4) is 0 Å². The molecule has 1 atom stereocenters. The maximum absolute atomic E-state index is 11.5. The van der Waals surface area contributed by atoms with E-state index >= 15 is 0 Å². The lowest BCUT2D eigenvalue weighted by molar-refractivity contribution is -0.308. The van der Waals surface area contributed by atoms with E-state index < -0.39 is 18.1 Å². The van der Waals surface area contributed by atoms with Gasteiger partial charge < -0.3 is 20.0 Å². The number of carboxylic acids is 1. The highest BCUT2D eigenvalue weighted by Gasteiger charge is 2.15. The van der Waals surface area contributed by atoms with E-state index in [4.69, 9.17) is 4.74 Å². The van der Waals surface area contributed by atoms with E-state index in [0.717, 1.165) is 5.56 Å². The van der Waals surface area contributed by atoms with Crippen LogP contribution in [0.5, 0.6) is 0 Å². The number of benzene rings is 1. The third kappa shape index (κ3) is 5.90. The molecule has 0 spiro atoms. The molecule has 19 heavy (non-hydrogen) atoms. The van der Waals surface area contributed by atoms with Crippen LogP contribution in [0, 0.1) is 5.92 Å². The summed E-state index contributed by atoms with van der Waals surface area (Å²) in [5.41, 5.74) is 0.839. The fraction of sp³-hybridized carbons (Fsp3) is 0.429. The zero-order valence-corrected chi connectivity index (χ0v) is 11.1. The van der Waals surface area contributed by atoms with Gasteiger partial charge in [-0.25, -0.2) is 4.79 Å². The maximum atomic E-state index is 11.5. The highest BCUT2D eigenvalue weighted by atomic mass is 16.5. The third-order valence-corrected chi connectivity index (χ3v) is 2.50. The lowest BCUT2D eigenvalue weighted by Gasteiger charge is -2.21. The molecule has 0 unspecified atom stereocenters. The number of hydrogen-bond acceptors (Lipinski definition) is 4. The molecular weight excluding hydrogens is 246 g/mol. The Kier molecular flexibility index (Phi) is 5.85. The molecule has 0 aliphatic rings. The van der Waals surface area contributed by atoms with Crippen molar-refractivity contribution in [2.75, 3.05) is 0 Å². The van der Waals surface area contributed by atoms with Gasteiger partial charge in [0.1, 0.15) is 6.61 Å². The Bertz CT molecular complexity index is 417. The minimum atomic E-state index is -1.30. The Labute approximate surface area is 112 Å². The van der Waals surface area contributed by atoms with Gasteiger partial charge in [-0.1, -0.05) is 44.2 Å². The third-order valence-electron chi connectivity index (χ3n) is 2.50. The first kappa shape index (κ1) is 15.0. The number of hydrogen-bond donors (Lipinski definition) is 1. The Hall–Kier alpha value is -2.04. The van der Waals surface area contributed by atoms with Crippen LogP contribution in [0.25, 0.3) is 0 Å². The number of rotatable bonds is 6. The van der Waals surface area contributed by atoms with Crippen LogP contribution < -0.4 is 10.4 Å². The minimum absolute atomic E-state index is 0.105. The van der Waals surface area contributed by atoms with Crippen molar-refractivity contribution in [1.82, 2.24) is 5.32 Å². The summed E-state index contributed by atoms with van der Waals surface area (Å²) in [5, 5.41) is 13.2. The van der Waals surface area contributed by atoms with Crippen LogP contribution in [0.2, 0.25) is 0 Å². The summed E-state index contributed by atoms with van der Waals surface area (Å²) in [6.07, 6.45) is -0.443. The zero-order valence-electron chi connectivity index (χ0n) is 11.1.